The van der Waals surface area contributed by atoms with Gasteiger partial charge in [0.25, 0.3) is 0 Å². The summed E-state index contributed by atoms with van der Waals surface area (Å²) in [4.78, 5) is 0.236. The molecule has 3 aromatic rings. The van der Waals surface area contributed by atoms with Gasteiger partial charge in [0.15, 0.2) is 5.03 Å². The number of hydrogen-bond acceptors (Lipinski definition) is 4. The molecule has 0 unspecified atom stereocenters. The lowest BCUT2D eigenvalue weighted by atomic mass is 10.1. The molecule has 0 saturated carbocycles. The number of nitrogens with zero attached hydrogens (tertiary/aromatic N) is 1. The molecule has 0 radical (unpaired) electrons. The van der Waals surface area contributed by atoms with Crippen LogP contribution in [0.3, 0.4) is 0 Å². The Morgan fingerprint density at radius 3 is 2.32 bits per heavy atom. The Labute approximate surface area is 128 Å². The molecular formula is C16H14N2O3S. The van der Waals surface area contributed by atoms with E-state index >= 15 is 0 Å². The van der Waals surface area contributed by atoms with E-state index < -0.39 is 9.84 Å². The van der Waals surface area contributed by atoms with Crippen molar-refractivity contribution in [1.29, 1.82) is 0 Å². The molecule has 5 nitrogen and oxygen atoms in total. The number of aromatic amines is 1. The number of nitrogens with one attached hydrogen (secondary N) is 1. The predicted molar refractivity (Wildman–Crippen MR) is 82.5 cm³/mol. The molecule has 1 heterocycles. The van der Waals surface area contributed by atoms with Crippen LogP contribution in [0.1, 0.15) is 0 Å². The fraction of sp³-hybridized carbons (Fsp3) is 0.0625. The van der Waals surface area contributed by atoms with Crippen LogP contribution >= 0.6 is 0 Å². The van der Waals surface area contributed by atoms with Gasteiger partial charge in [-0.2, -0.15) is 5.10 Å². The van der Waals surface area contributed by atoms with Crippen molar-refractivity contribution in [2.75, 3.05) is 7.11 Å². The second-order valence-electron chi connectivity index (χ2n) is 4.66. The normalized spacial score (nSPS) is 11.3. The van der Waals surface area contributed by atoms with E-state index in [4.69, 9.17) is 4.74 Å². The molecule has 0 atom stereocenters. The zero-order chi connectivity index (χ0) is 15.6. The fourth-order valence-corrected chi connectivity index (χ4v) is 3.28. The summed E-state index contributed by atoms with van der Waals surface area (Å²) in [6.07, 6.45) is 0. The number of methoxy groups -OCH3 is 1. The first-order valence-electron chi connectivity index (χ1n) is 6.61. The molecule has 112 valence electrons. The van der Waals surface area contributed by atoms with Crippen LogP contribution in [0.2, 0.25) is 0 Å². The van der Waals surface area contributed by atoms with Gasteiger partial charge in [-0.1, -0.05) is 18.2 Å². The first-order valence-corrected chi connectivity index (χ1v) is 8.09. The Morgan fingerprint density at radius 2 is 1.68 bits per heavy atom. The molecule has 3 rings (SSSR count). The molecule has 0 aliphatic carbocycles. The molecule has 0 spiro atoms. The van der Waals surface area contributed by atoms with E-state index in [2.05, 4.69) is 10.2 Å². The molecule has 0 aliphatic rings. The van der Waals surface area contributed by atoms with Crippen molar-refractivity contribution in [2.45, 2.75) is 9.92 Å². The van der Waals surface area contributed by atoms with Crippen LogP contribution < -0.4 is 4.74 Å². The lowest BCUT2D eigenvalue weighted by Gasteiger charge is -2.01. The Bertz CT molecular complexity index is 869. The third kappa shape index (κ3) is 2.60. The number of H-pyrrole nitrogens is 1. The van der Waals surface area contributed by atoms with Crippen molar-refractivity contribution in [3.63, 3.8) is 0 Å². The van der Waals surface area contributed by atoms with Crippen LogP contribution in [0.5, 0.6) is 5.75 Å². The van der Waals surface area contributed by atoms with E-state index in [1.165, 1.54) is 6.07 Å². The highest BCUT2D eigenvalue weighted by atomic mass is 32.2. The topological polar surface area (TPSA) is 72.1 Å². The quantitative estimate of drug-likeness (QED) is 0.803. The molecule has 0 saturated heterocycles. The molecule has 6 heteroatoms. The minimum atomic E-state index is -3.58. The van der Waals surface area contributed by atoms with Crippen LogP contribution in [-0.2, 0) is 9.84 Å². The number of sulfone groups is 1. The summed E-state index contributed by atoms with van der Waals surface area (Å²) < 4.78 is 30.1. The van der Waals surface area contributed by atoms with Gasteiger partial charge in [0, 0.05) is 11.6 Å². The van der Waals surface area contributed by atoms with Gasteiger partial charge in [-0.3, -0.25) is 5.10 Å². The molecule has 0 fully saturated rings. The molecule has 1 N–H and O–H groups in total. The molecule has 0 amide bonds. The van der Waals surface area contributed by atoms with Gasteiger partial charge >= 0.3 is 0 Å². The molecule has 22 heavy (non-hydrogen) atoms. The van der Waals surface area contributed by atoms with Crippen molar-refractivity contribution in [3.8, 4) is 17.0 Å². The predicted octanol–water partition coefficient (Wildman–Crippen LogP) is 2.92. The number of rotatable bonds is 4. The van der Waals surface area contributed by atoms with Gasteiger partial charge in [0.1, 0.15) is 5.75 Å². The number of hydrogen-bond donors (Lipinski definition) is 1. The second kappa shape index (κ2) is 5.65. The summed E-state index contributed by atoms with van der Waals surface area (Å²) in [6, 6.07) is 17.1. The van der Waals surface area contributed by atoms with Crippen LogP contribution in [0.4, 0.5) is 0 Å². The zero-order valence-electron chi connectivity index (χ0n) is 11.9. The van der Waals surface area contributed by atoms with E-state index in [1.54, 1.807) is 49.6 Å². The van der Waals surface area contributed by atoms with Gasteiger partial charge in [-0.25, -0.2) is 8.42 Å². The standard InChI is InChI=1S/C16H14N2O3S/c1-21-13-9-7-12(8-10-13)15-11-16(18-17-15)22(19,20)14-5-3-2-4-6-14/h2-11H,1H3,(H,17,18). The first-order chi connectivity index (χ1) is 10.6. The highest BCUT2D eigenvalue weighted by Gasteiger charge is 2.20. The second-order valence-corrected chi connectivity index (χ2v) is 6.58. The monoisotopic (exact) mass is 314 g/mol. The van der Waals surface area contributed by atoms with Crippen LogP contribution in [-0.4, -0.2) is 25.7 Å². The Morgan fingerprint density at radius 1 is 1.00 bits per heavy atom. The van der Waals surface area contributed by atoms with Crippen LogP contribution in [0, 0.1) is 0 Å². The molecule has 0 bridgehead atoms. The molecule has 0 aliphatic heterocycles. The van der Waals surface area contributed by atoms with E-state index in [0.717, 1.165) is 11.3 Å². The zero-order valence-corrected chi connectivity index (χ0v) is 12.7. The minimum absolute atomic E-state index is 0.0736. The average Bonchev–Trinajstić information content (AvgIpc) is 3.06. The van der Waals surface area contributed by atoms with Gasteiger partial charge < -0.3 is 4.74 Å². The minimum Gasteiger partial charge on any atom is -0.497 e. The summed E-state index contributed by atoms with van der Waals surface area (Å²) in [5.74, 6) is 0.733. The summed E-state index contributed by atoms with van der Waals surface area (Å²) in [6.45, 7) is 0. The Kier molecular flexibility index (Phi) is 3.68. The summed E-state index contributed by atoms with van der Waals surface area (Å²) in [5.41, 5.74) is 1.38. The van der Waals surface area contributed by atoms with Gasteiger partial charge in [0.05, 0.1) is 17.7 Å². The van der Waals surface area contributed by atoms with Gasteiger partial charge in [0.2, 0.25) is 9.84 Å². The van der Waals surface area contributed by atoms with E-state index in [1.807, 2.05) is 12.1 Å². The lowest BCUT2D eigenvalue weighted by molar-refractivity contribution is 0.415. The van der Waals surface area contributed by atoms with E-state index in [9.17, 15) is 8.42 Å². The number of aromatic nitrogens is 2. The highest BCUT2D eigenvalue weighted by molar-refractivity contribution is 7.91. The lowest BCUT2D eigenvalue weighted by Crippen LogP contribution is -2.01. The summed E-state index contributed by atoms with van der Waals surface area (Å²) in [5, 5.41) is 6.76. The molecule has 1 aromatic heterocycles. The highest BCUT2D eigenvalue weighted by Crippen LogP contribution is 2.25. The van der Waals surface area contributed by atoms with Crippen molar-refractivity contribution in [2.24, 2.45) is 0 Å². The number of ether oxygens (including phenoxy) is 1. The maximum atomic E-state index is 12.5. The van der Waals surface area contributed by atoms with E-state index in [-0.39, 0.29) is 9.92 Å². The number of benzene rings is 2. The van der Waals surface area contributed by atoms with E-state index in [0.29, 0.717) is 5.69 Å². The fourth-order valence-electron chi connectivity index (χ4n) is 2.08. The van der Waals surface area contributed by atoms with Gasteiger partial charge in [-0.05, 0) is 36.4 Å². The maximum absolute atomic E-state index is 12.5. The summed E-state index contributed by atoms with van der Waals surface area (Å²) in [7, 11) is -1.99. The molecular weight excluding hydrogens is 300 g/mol. The smallest absolute Gasteiger partial charge is 0.223 e. The SMILES string of the molecule is COc1ccc(-c2cc(S(=O)(=O)c3ccccc3)[nH]n2)cc1. The maximum Gasteiger partial charge on any atom is 0.223 e. The summed E-state index contributed by atoms with van der Waals surface area (Å²) >= 11 is 0. The Balaban J connectivity index is 1.96. The van der Waals surface area contributed by atoms with Crippen molar-refractivity contribution in [3.05, 3.63) is 60.7 Å². The van der Waals surface area contributed by atoms with Crippen LogP contribution in [0.15, 0.2) is 70.6 Å². The van der Waals surface area contributed by atoms with Crippen LogP contribution in [0.25, 0.3) is 11.3 Å². The average molecular weight is 314 g/mol. The van der Waals surface area contributed by atoms with Crippen molar-refractivity contribution < 1.29 is 13.2 Å². The largest absolute Gasteiger partial charge is 0.497 e. The first kappa shape index (κ1) is 14.3. The molecule has 2 aromatic carbocycles. The van der Waals surface area contributed by atoms with Gasteiger partial charge in [-0.15, -0.1) is 0 Å². The van der Waals surface area contributed by atoms with Crippen molar-refractivity contribution >= 4 is 9.84 Å². The van der Waals surface area contributed by atoms with Crippen molar-refractivity contribution in [1.82, 2.24) is 10.2 Å². The third-order valence-electron chi connectivity index (χ3n) is 3.28. The Hall–Kier alpha value is -2.60. The third-order valence-corrected chi connectivity index (χ3v) is 4.96.